The molecule has 9 nitrogen and oxygen atoms in total. The summed E-state index contributed by atoms with van der Waals surface area (Å²) in [5.74, 6) is -1.85. The van der Waals surface area contributed by atoms with Gasteiger partial charge in [-0.2, -0.15) is 18.3 Å². The van der Waals surface area contributed by atoms with Gasteiger partial charge in [0.1, 0.15) is 9.84 Å². The lowest BCUT2D eigenvalue weighted by Gasteiger charge is -2.41. The topological polar surface area (TPSA) is 97.1 Å². The first-order chi connectivity index (χ1) is 19.4. The molecule has 6 rings (SSSR count). The first-order valence-corrected chi connectivity index (χ1v) is 15.6. The Bertz CT molecular complexity index is 1570. The molecule has 3 aliphatic heterocycles. The van der Waals surface area contributed by atoms with Crippen molar-refractivity contribution in [1.82, 2.24) is 19.5 Å². The van der Waals surface area contributed by atoms with E-state index in [9.17, 15) is 26.4 Å². The highest BCUT2D eigenvalue weighted by molar-refractivity contribution is 7.91. The molecule has 2 saturated heterocycles. The molecule has 2 aromatic heterocycles. The van der Waals surface area contributed by atoms with E-state index in [0.29, 0.717) is 41.1 Å². The predicted octanol–water partition coefficient (Wildman–Crippen LogP) is 4.47. The number of alkyl halides is 3. The average Bonchev–Trinajstić information content (AvgIpc) is 3.54. The molecule has 14 heteroatoms. The van der Waals surface area contributed by atoms with Crippen LogP contribution in [-0.2, 0) is 24.8 Å². The number of nitrogens with zero attached hydrogens (tertiary/aromatic N) is 5. The maximum atomic E-state index is 14.3. The van der Waals surface area contributed by atoms with E-state index in [4.69, 9.17) is 16.3 Å². The van der Waals surface area contributed by atoms with Crippen molar-refractivity contribution >= 4 is 44.4 Å². The Morgan fingerprint density at radius 3 is 2.54 bits per heavy atom. The Morgan fingerprint density at radius 2 is 1.90 bits per heavy atom. The first-order valence-electron chi connectivity index (χ1n) is 13.4. The summed E-state index contributed by atoms with van der Waals surface area (Å²) in [4.78, 5) is 20.3. The van der Waals surface area contributed by atoms with Crippen molar-refractivity contribution in [2.45, 2.75) is 43.3 Å². The van der Waals surface area contributed by atoms with Crippen molar-refractivity contribution < 1.29 is 31.1 Å². The van der Waals surface area contributed by atoms with Crippen molar-refractivity contribution in [3.8, 4) is 0 Å². The number of halogens is 4. The molecular formula is C27H29ClF3N5O4S. The van der Waals surface area contributed by atoms with Gasteiger partial charge in [0.2, 0.25) is 5.91 Å². The average molecular weight is 612 g/mol. The fourth-order valence-electron chi connectivity index (χ4n) is 6.44. The van der Waals surface area contributed by atoms with Crippen LogP contribution in [0.4, 0.5) is 24.5 Å². The molecule has 5 heterocycles. The fourth-order valence-corrected chi connectivity index (χ4v) is 8.10. The highest BCUT2D eigenvalue weighted by Gasteiger charge is 2.48. The molecule has 3 aromatic rings. The molecule has 220 valence electrons. The zero-order chi connectivity index (χ0) is 29.2. The molecule has 0 radical (unpaired) electrons. The number of amides is 1. The van der Waals surface area contributed by atoms with Crippen LogP contribution < -0.4 is 4.90 Å². The van der Waals surface area contributed by atoms with Crippen LogP contribution in [0.1, 0.15) is 43.0 Å². The Hall–Kier alpha value is -2.90. The Balaban J connectivity index is 1.31. The second-order valence-corrected chi connectivity index (χ2v) is 13.8. The number of anilines is 2. The lowest BCUT2D eigenvalue weighted by Crippen LogP contribution is -2.44. The van der Waals surface area contributed by atoms with Crippen LogP contribution >= 0.6 is 11.6 Å². The summed E-state index contributed by atoms with van der Waals surface area (Å²) in [6.07, 6.45) is -1.38. The van der Waals surface area contributed by atoms with E-state index < -0.39 is 33.9 Å². The zero-order valence-electron chi connectivity index (χ0n) is 22.3. The maximum absolute atomic E-state index is 14.3. The summed E-state index contributed by atoms with van der Waals surface area (Å²) in [6.45, 7) is 1.75. The quantitative estimate of drug-likeness (QED) is 0.429. The molecule has 0 aliphatic carbocycles. The largest absolute Gasteiger partial charge is 0.413 e. The lowest BCUT2D eigenvalue weighted by molar-refractivity contribution is -0.190. The minimum Gasteiger partial charge on any atom is -0.380 e. The van der Waals surface area contributed by atoms with Crippen LogP contribution in [0.25, 0.3) is 5.65 Å². The third kappa shape index (κ3) is 5.05. The van der Waals surface area contributed by atoms with Gasteiger partial charge in [-0.3, -0.25) is 4.79 Å². The van der Waals surface area contributed by atoms with Gasteiger partial charge in [0.05, 0.1) is 35.7 Å². The van der Waals surface area contributed by atoms with Gasteiger partial charge < -0.3 is 14.5 Å². The third-order valence-electron chi connectivity index (χ3n) is 8.61. The highest BCUT2D eigenvalue weighted by Crippen LogP contribution is 2.47. The number of benzene rings is 1. The third-order valence-corrected chi connectivity index (χ3v) is 10.5. The van der Waals surface area contributed by atoms with E-state index in [1.807, 2.05) is 4.90 Å². The van der Waals surface area contributed by atoms with Crippen molar-refractivity contribution in [2.75, 3.05) is 43.2 Å². The fraction of sp³-hybridized carbons (Fsp3) is 0.519. The van der Waals surface area contributed by atoms with Crippen molar-refractivity contribution in [3.63, 3.8) is 0 Å². The SMILES string of the molecule is CN(C(=O)C1CCS(=O)(=O)CC1)[C@@H](c1ccc(N2CC[C@@]3(CCOC3)c3c2cnc2cc(Cl)nn32)cc1)C(F)(F)F. The van der Waals surface area contributed by atoms with Crippen LogP contribution in [0, 0.1) is 5.92 Å². The molecule has 0 bridgehead atoms. The monoisotopic (exact) mass is 611 g/mol. The molecule has 2 fully saturated rings. The van der Waals surface area contributed by atoms with Crippen molar-refractivity contribution in [2.24, 2.45) is 5.92 Å². The summed E-state index contributed by atoms with van der Waals surface area (Å²) in [5, 5.41) is 4.77. The molecule has 3 aliphatic rings. The standard InChI is InChI=1S/C27H29ClF3N5O4S/c1-34(25(37)18-6-12-41(38,39)13-7-18)23(27(29,30)31)17-2-4-19(5-3-17)35-10-8-26(9-11-40-16-26)24-20(35)15-32-22-14-21(28)33-36(22)24/h2-5,14-15,18,23H,6-13,16H2,1H3/t23-,26-/m0/s1. The Morgan fingerprint density at radius 1 is 1.20 bits per heavy atom. The predicted molar refractivity (Wildman–Crippen MR) is 146 cm³/mol. The van der Waals surface area contributed by atoms with Gasteiger partial charge in [0, 0.05) is 43.3 Å². The van der Waals surface area contributed by atoms with Gasteiger partial charge >= 0.3 is 6.18 Å². The Labute approximate surface area is 240 Å². The summed E-state index contributed by atoms with van der Waals surface area (Å²) >= 11 is 6.20. The van der Waals surface area contributed by atoms with E-state index in [0.717, 1.165) is 31.3 Å². The minimum absolute atomic E-state index is 0.0265. The van der Waals surface area contributed by atoms with E-state index >= 15 is 0 Å². The molecule has 1 aromatic carbocycles. The lowest BCUT2D eigenvalue weighted by atomic mass is 9.77. The summed E-state index contributed by atoms with van der Waals surface area (Å²) in [6, 6.07) is 5.53. The number of hydrogen-bond acceptors (Lipinski definition) is 7. The van der Waals surface area contributed by atoms with Crippen LogP contribution in [0.5, 0.6) is 0 Å². The number of ether oxygens (including phenoxy) is 1. The van der Waals surface area contributed by atoms with Gasteiger partial charge in [-0.15, -0.1) is 0 Å². The molecule has 1 amide bonds. The molecule has 1 spiro atoms. The normalized spacial score (nSPS) is 23.6. The number of fused-ring (bicyclic) bond motifs is 4. The molecule has 2 atom stereocenters. The molecule has 0 unspecified atom stereocenters. The minimum atomic E-state index is -4.73. The smallest absolute Gasteiger partial charge is 0.380 e. The van der Waals surface area contributed by atoms with Crippen LogP contribution in [0.3, 0.4) is 0 Å². The van der Waals surface area contributed by atoms with Crippen LogP contribution in [0.15, 0.2) is 36.5 Å². The molecule has 41 heavy (non-hydrogen) atoms. The Kier molecular flexibility index (Phi) is 6.97. The number of rotatable bonds is 4. The molecular weight excluding hydrogens is 583 g/mol. The molecule has 0 N–H and O–H groups in total. The first kappa shape index (κ1) is 28.2. The zero-order valence-corrected chi connectivity index (χ0v) is 23.8. The van der Waals surface area contributed by atoms with Gasteiger partial charge in [0.15, 0.2) is 16.8 Å². The number of hydrogen-bond donors (Lipinski definition) is 0. The van der Waals surface area contributed by atoms with Crippen molar-refractivity contribution in [1.29, 1.82) is 0 Å². The second kappa shape index (κ2) is 10.1. The van der Waals surface area contributed by atoms with E-state index in [-0.39, 0.29) is 35.3 Å². The highest BCUT2D eigenvalue weighted by atomic mass is 35.5. The maximum Gasteiger partial charge on any atom is 0.413 e. The number of aromatic nitrogens is 3. The van der Waals surface area contributed by atoms with Gasteiger partial charge in [-0.05, 0) is 43.4 Å². The number of carbonyl (C=O) groups is 1. The molecule has 0 saturated carbocycles. The second-order valence-electron chi connectivity index (χ2n) is 11.1. The summed E-state index contributed by atoms with van der Waals surface area (Å²) < 4.78 is 74.0. The summed E-state index contributed by atoms with van der Waals surface area (Å²) in [5.41, 5.74) is 2.63. The van der Waals surface area contributed by atoms with Crippen LogP contribution in [0.2, 0.25) is 5.15 Å². The van der Waals surface area contributed by atoms with E-state index in [1.54, 1.807) is 28.9 Å². The van der Waals surface area contributed by atoms with Crippen molar-refractivity contribution in [3.05, 3.63) is 52.9 Å². The van der Waals surface area contributed by atoms with Gasteiger partial charge in [-0.1, -0.05) is 23.7 Å². The number of sulfone groups is 1. The van der Waals surface area contributed by atoms with E-state index in [1.165, 1.54) is 12.1 Å². The van der Waals surface area contributed by atoms with Gasteiger partial charge in [-0.25, -0.2) is 17.9 Å². The summed E-state index contributed by atoms with van der Waals surface area (Å²) in [7, 11) is -2.12. The van der Waals surface area contributed by atoms with Crippen LogP contribution in [-0.4, -0.2) is 78.3 Å². The van der Waals surface area contributed by atoms with Gasteiger partial charge in [0.25, 0.3) is 0 Å². The van der Waals surface area contributed by atoms with E-state index in [2.05, 4.69) is 10.1 Å². The number of carbonyl (C=O) groups excluding carboxylic acids is 1.